The first kappa shape index (κ1) is 15.4. The fourth-order valence-electron chi connectivity index (χ4n) is 2.75. The quantitative estimate of drug-likeness (QED) is 0.912. The van der Waals surface area contributed by atoms with E-state index in [0.717, 1.165) is 16.7 Å². The molecule has 2 aromatic rings. The van der Waals surface area contributed by atoms with Gasteiger partial charge in [0.1, 0.15) is 5.69 Å². The second kappa shape index (κ2) is 6.34. The number of H-pyrrole nitrogens is 1. The number of aromatic nitrogens is 2. The minimum absolute atomic E-state index is 0.196. The summed E-state index contributed by atoms with van der Waals surface area (Å²) in [6.07, 6.45) is 0. The lowest BCUT2D eigenvalue weighted by Gasteiger charge is -2.26. The lowest BCUT2D eigenvalue weighted by molar-refractivity contribution is 0.0298. The summed E-state index contributed by atoms with van der Waals surface area (Å²) in [5.41, 5.74) is 3.29. The van der Waals surface area contributed by atoms with E-state index < -0.39 is 5.69 Å². The molecule has 6 nitrogen and oxygen atoms in total. The molecule has 1 aromatic carbocycles. The van der Waals surface area contributed by atoms with E-state index in [4.69, 9.17) is 4.74 Å². The minimum Gasteiger partial charge on any atom is -0.378 e. The van der Waals surface area contributed by atoms with Crippen molar-refractivity contribution < 1.29 is 9.53 Å². The number of nitrogens with one attached hydrogen (secondary N) is 1. The first-order valence-corrected chi connectivity index (χ1v) is 7.60. The number of amides is 1. The molecule has 1 N–H and O–H groups in total. The zero-order valence-electron chi connectivity index (χ0n) is 13.3. The van der Waals surface area contributed by atoms with E-state index >= 15 is 0 Å². The Balaban J connectivity index is 1.99. The SMILES string of the molecule is Cc1ccc(-c2cc(C(=O)N3CCOCC3)[nH]c(=O)n2)c(C)c1. The van der Waals surface area contributed by atoms with Crippen molar-refractivity contribution in [2.45, 2.75) is 13.8 Å². The summed E-state index contributed by atoms with van der Waals surface area (Å²) >= 11 is 0. The van der Waals surface area contributed by atoms with Crippen molar-refractivity contribution >= 4 is 5.91 Å². The smallest absolute Gasteiger partial charge is 0.346 e. The Morgan fingerprint density at radius 1 is 1.22 bits per heavy atom. The molecule has 1 amide bonds. The molecule has 0 bridgehead atoms. The van der Waals surface area contributed by atoms with E-state index in [1.54, 1.807) is 11.0 Å². The zero-order chi connectivity index (χ0) is 16.4. The molecule has 0 spiro atoms. The van der Waals surface area contributed by atoms with Crippen molar-refractivity contribution in [1.29, 1.82) is 0 Å². The molecule has 1 fully saturated rings. The number of aryl methyl sites for hydroxylation is 2. The molecule has 1 saturated heterocycles. The molecule has 1 aliphatic heterocycles. The van der Waals surface area contributed by atoms with Crippen LogP contribution in [-0.4, -0.2) is 47.1 Å². The second-order valence-corrected chi connectivity index (χ2v) is 5.71. The third-order valence-electron chi connectivity index (χ3n) is 3.93. The number of carbonyl (C=O) groups is 1. The summed E-state index contributed by atoms with van der Waals surface area (Å²) in [6, 6.07) is 7.57. The minimum atomic E-state index is -0.515. The number of aromatic amines is 1. The van der Waals surface area contributed by atoms with Crippen molar-refractivity contribution in [2.24, 2.45) is 0 Å². The van der Waals surface area contributed by atoms with Gasteiger partial charge in [-0.1, -0.05) is 23.8 Å². The van der Waals surface area contributed by atoms with E-state index in [1.807, 2.05) is 32.0 Å². The van der Waals surface area contributed by atoms with Gasteiger partial charge in [-0.15, -0.1) is 0 Å². The maximum Gasteiger partial charge on any atom is 0.346 e. The van der Waals surface area contributed by atoms with Crippen LogP contribution < -0.4 is 5.69 Å². The van der Waals surface area contributed by atoms with Crippen LogP contribution in [0, 0.1) is 13.8 Å². The molecule has 2 heterocycles. The molecule has 120 valence electrons. The predicted molar refractivity (Wildman–Crippen MR) is 86.5 cm³/mol. The third-order valence-corrected chi connectivity index (χ3v) is 3.93. The summed E-state index contributed by atoms with van der Waals surface area (Å²) in [5, 5.41) is 0. The fourth-order valence-corrected chi connectivity index (χ4v) is 2.75. The molecule has 0 atom stereocenters. The van der Waals surface area contributed by atoms with Crippen LogP contribution in [0.2, 0.25) is 0 Å². The fraction of sp³-hybridized carbons (Fsp3) is 0.353. The standard InChI is InChI=1S/C17H19N3O3/c1-11-3-4-13(12(2)9-11)14-10-15(19-17(22)18-14)16(21)20-5-7-23-8-6-20/h3-4,9-10H,5-8H2,1-2H3,(H,18,19,22). The molecule has 23 heavy (non-hydrogen) atoms. The molecule has 0 saturated carbocycles. The van der Waals surface area contributed by atoms with Crippen LogP contribution >= 0.6 is 0 Å². The predicted octanol–water partition coefficient (Wildman–Crippen LogP) is 1.53. The van der Waals surface area contributed by atoms with Crippen LogP contribution in [-0.2, 0) is 4.74 Å². The number of carbonyl (C=O) groups excluding carboxylic acids is 1. The van der Waals surface area contributed by atoms with E-state index in [-0.39, 0.29) is 11.6 Å². The largest absolute Gasteiger partial charge is 0.378 e. The van der Waals surface area contributed by atoms with E-state index in [9.17, 15) is 9.59 Å². The van der Waals surface area contributed by atoms with Gasteiger partial charge in [-0.3, -0.25) is 4.79 Å². The number of hydrogen-bond acceptors (Lipinski definition) is 4. The lowest BCUT2D eigenvalue weighted by atomic mass is 10.0. The first-order chi connectivity index (χ1) is 11.0. The van der Waals surface area contributed by atoms with Crippen LogP contribution in [0.25, 0.3) is 11.3 Å². The van der Waals surface area contributed by atoms with Gasteiger partial charge in [-0.2, -0.15) is 4.98 Å². The topological polar surface area (TPSA) is 75.3 Å². The Bertz CT molecular complexity index is 792. The summed E-state index contributed by atoms with van der Waals surface area (Å²) in [7, 11) is 0. The molecular weight excluding hydrogens is 294 g/mol. The lowest BCUT2D eigenvalue weighted by Crippen LogP contribution is -2.41. The van der Waals surface area contributed by atoms with E-state index in [0.29, 0.717) is 32.0 Å². The van der Waals surface area contributed by atoms with Crippen LogP contribution in [0.5, 0.6) is 0 Å². The van der Waals surface area contributed by atoms with Gasteiger partial charge < -0.3 is 14.6 Å². The number of hydrogen-bond donors (Lipinski definition) is 1. The molecule has 1 aliphatic rings. The van der Waals surface area contributed by atoms with Crippen LogP contribution in [0.3, 0.4) is 0 Å². The number of benzene rings is 1. The van der Waals surface area contributed by atoms with Crippen molar-refractivity contribution in [3.05, 3.63) is 51.6 Å². The zero-order valence-corrected chi connectivity index (χ0v) is 13.3. The Morgan fingerprint density at radius 3 is 2.65 bits per heavy atom. The molecule has 3 rings (SSSR count). The molecular formula is C17H19N3O3. The molecule has 0 radical (unpaired) electrons. The Morgan fingerprint density at radius 2 is 1.96 bits per heavy atom. The monoisotopic (exact) mass is 313 g/mol. The average molecular weight is 313 g/mol. The number of nitrogens with zero attached hydrogens (tertiary/aromatic N) is 2. The third kappa shape index (κ3) is 3.32. The molecule has 1 aromatic heterocycles. The number of morpholine rings is 1. The second-order valence-electron chi connectivity index (χ2n) is 5.71. The van der Waals surface area contributed by atoms with Gasteiger partial charge in [0.2, 0.25) is 0 Å². The van der Waals surface area contributed by atoms with Gasteiger partial charge in [0.05, 0.1) is 18.9 Å². The first-order valence-electron chi connectivity index (χ1n) is 7.60. The Labute approximate surface area is 134 Å². The van der Waals surface area contributed by atoms with Gasteiger partial charge >= 0.3 is 5.69 Å². The summed E-state index contributed by atoms with van der Waals surface area (Å²) in [6.45, 7) is 6.07. The Hall–Kier alpha value is -2.47. The molecule has 6 heteroatoms. The van der Waals surface area contributed by atoms with Gasteiger partial charge in [0, 0.05) is 18.7 Å². The van der Waals surface area contributed by atoms with E-state index in [1.165, 1.54) is 0 Å². The van der Waals surface area contributed by atoms with Gasteiger partial charge in [0.25, 0.3) is 5.91 Å². The number of rotatable bonds is 2. The highest BCUT2D eigenvalue weighted by Gasteiger charge is 2.20. The van der Waals surface area contributed by atoms with Crippen LogP contribution in [0.1, 0.15) is 21.6 Å². The van der Waals surface area contributed by atoms with Gasteiger partial charge in [0.15, 0.2) is 0 Å². The van der Waals surface area contributed by atoms with Crippen LogP contribution in [0.4, 0.5) is 0 Å². The highest BCUT2D eigenvalue weighted by molar-refractivity contribution is 5.93. The van der Waals surface area contributed by atoms with Crippen molar-refractivity contribution in [2.75, 3.05) is 26.3 Å². The van der Waals surface area contributed by atoms with Crippen molar-refractivity contribution in [3.63, 3.8) is 0 Å². The van der Waals surface area contributed by atoms with Gasteiger partial charge in [-0.05, 0) is 25.5 Å². The van der Waals surface area contributed by atoms with Crippen molar-refractivity contribution in [3.8, 4) is 11.3 Å². The summed E-state index contributed by atoms with van der Waals surface area (Å²) < 4.78 is 5.25. The van der Waals surface area contributed by atoms with Crippen molar-refractivity contribution in [1.82, 2.24) is 14.9 Å². The Kier molecular flexibility index (Phi) is 4.25. The summed E-state index contributed by atoms with van der Waals surface area (Å²) in [4.78, 5) is 32.7. The highest BCUT2D eigenvalue weighted by atomic mass is 16.5. The summed E-state index contributed by atoms with van der Waals surface area (Å²) in [5.74, 6) is -0.196. The molecule has 0 unspecified atom stereocenters. The van der Waals surface area contributed by atoms with Gasteiger partial charge in [-0.25, -0.2) is 4.79 Å². The maximum atomic E-state index is 12.5. The normalized spacial score (nSPS) is 14.8. The molecule has 0 aliphatic carbocycles. The van der Waals surface area contributed by atoms with E-state index in [2.05, 4.69) is 9.97 Å². The highest BCUT2D eigenvalue weighted by Crippen LogP contribution is 2.22. The number of ether oxygens (including phenoxy) is 1. The van der Waals surface area contributed by atoms with Crippen LogP contribution in [0.15, 0.2) is 29.1 Å². The average Bonchev–Trinajstić information content (AvgIpc) is 2.54. The maximum absolute atomic E-state index is 12.5.